The van der Waals surface area contributed by atoms with Crippen molar-refractivity contribution in [2.45, 2.75) is 69.9 Å². The fourth-order valence-electron chi connectivity index (χ4n) is 3.91. The molecule has 1 aromatic heterocycles. The van der Waals surface area contributed by atoms with E-state index < -0.39 is 0 Å². The summed E-state index contributed by atoms with van der Waals surface area (Å²) in [5.74, 6) is 0. The number of nitrogens with zero attached hydrogens (tertiary/aromatic N) is 2. The largest absolute Gasteiger partial charge is 0.331 e. The molecule has 3 heteroatoms. The zero-order valence-corrected chi connectivity index (χ0v) is 11.5. The standard InChI is InChI=1S/C15H25N3/c1-2-13-11-16-12-18(13)14-6-9-17-15(10-14)7-4-3-5-8-15/h11-12,14,17H,2-10H2,1H3. The lowest BCUT2D eigenvalue weighted by Gasteiger charge is -2.45. The lowest BCUT2D eigenvalue weighted by molar-refractivity contribution is 0.145. The number of imidazole rings is 1. The van der Waals surface area contributed by atoms with Crippen LogP contribution in [0.3, 0.4) is 0 Å². The first-order valence-electron chi connectivity index (χ1n) is 7.59. The Morgan fingerprint density at radius 2 is 2.22 bits per heavy atom. The van der Waals surface area contributed by atoms with Gasteiger partial charge in [0.25, 0.3) is 0 Å². The number of piperidine rings is 1. The van der Waals surface area contributed by atoms with Gasteiger partial charge in [-0.3, -0.25) is 0 Å². The maximum atomic E-state index is 4.34. The molecular weight excluding hydrogens is 222 g/mol. The first-order valence-corrected chi connectivity index (χ1v) is 7.59. The minimum Gasteiger partial charge on any atom is -0.331 e. The summed E-state index contributed by atoms with van der Waals surface area (Å²) in [5.41, 5.74) is 1.84. The summed E-state index contributed by atoms with van der Waals surface area (Å²) in [6, 6.07) is 0.668. The molecule has 3 rings (SSSR count). The SMILES string of the molecule is CCc1cncn1C1CCNC2(CCCCC2)C1. The van der Waals surface area contributed by atoms with E-state index in [0.29, 0.717) is 11.6 Å². The maximum Gasteiger partial charge on any atom is 0.0950 e. The van der Waals surface area contributed by atoms with E-state index in [0.717, 1.165) is 6.42 Å². The second kappa shape index (κ2) is 5.04. The van der Waals surface area contributed by atoms with Crippen LogP contribution in [0, 0.1) is 0 Å². The zero-order chi connectivity index (χ0) is 12.4. The molecule has 3 nitrogen and oxygen atoms in total. The van der Waals surface area contributed by atoms with E-state index in [2.05, 4.69) is 21.8 Å². The highest BCUT2D eigenvalue weighted by Crippen LogP contribution is 2.39. The van der Waals surface area contributed by atoms with Crippen molar-refractivity contribution in [1.29, 1.82) is 0 Å². The zero-order valence-electron chi connectivity index (χ0n) is 11.5. The molecule has 1 saturated heterocycles. The molecule has 2 heterocycles. The maximum absolute atomic E-state index is 4.34. The van der Waals surface area contributed by atoms with Gasteiger partial charge >= 0.3 is 0 Å². The fourth-order valence-corrected chi connectivity index (χ4v) is 3.91. The van der Waals surface area contributed by atoms with Crippen LogP contribution in [0.2, 0.25) is 0 Å². The molecule has 1 unspecified atom stereocenters. The normalized spacial score (nSPS) is 27.5. The van der Waals surface area contributed by atoms with Crippen LogP contribution >= 0.6 is 0 Å². The first-order chi connectivity index (χ1) is 8.83. The van der Waals surface area contributed by atoms with Gasteiger partial charge in [0.15, 0.2) is 0 Å². The molecule has 1 N–H and O–H groups in total. The van der Waals surface area contributed by atoms with E-state index in [-0.39, 0.29) is 0 Å². The Bertz CT molecular complexity index is 385. The number of rotatable bonds is 2. The molecule has 0 bridgehead atoms. The molecule has 1 aliphatic carbocycles. The summed E-state index contributed by atoms with van der Waals surface area (Å²) in [4.78, 5) is 4.34. The highest BCUT2D eigenvalue weighted by Gasteiger charge is 2.37. The molecule has 1 aliphatic heterocycles. The molecule has 100 valence electrons. The van der Waals surface area contributed by atoms with Crippen LogP contribution < -0.4 is 5.32 Å². The van der Waals surface area contributed by atoms with Gasteiger partial charge in [-0.2, -0.15) is 0 Å². The average Bonchev–Trinajstić information content (AvgIpc) is 2.88. The summed E-state index contributed by atoms with van der Waals surface area (Å²) in [5, 5.41) is 3.83. The van der Waals surface area contributed by atoms with Crippen LogP contribution in [0.5, 0.6) is 0 Å². The highest BCUT2D eigenvalue weighted by atomic mass is 15.1. The van der Waals surface area contributed by atoms with Gasteiger partial charge in [0, 0.05) is 23.5 Å². The van der Waals surface area contributed by atoms with E-state index in [1.54, 1.807) is 0 Å². The molecule has 18 heavy (non-hydrogen) atoms. The van der Waals surface area contributed by atoms with E-state index in [4.69, 9.17) is 0 Å². The molecule has 1 aromatic rings. The lowest BCUT2D eigenvalue weighted by Crippen LogP contribution is -2.52. The Hall–Kier alpha value is -0.830. The third-order valence-corrected chi connectivity index (χ3v) is 4.92. The van der Waals surface area contributed by atoms with Crippen molar-refractivity contribution in [2.24, 2.45) is 0 Å². The van der Waals surface area contributed by atoms with Gasteiger partial charge < -0.3 is 9.88 Å². The number of hydrogen-bond acceptors (Lipinski definition) is 2. The van der Waals surface area contributed by atoms with Crippen molar-refractivity contribution in [1.82, 2.24) is 14.9 Å². The van der Waals surface area contributed by atoms with Crippen molar-refractivity contribution in [3.8, 4) is 0 Å². The molecule has 0 amide bonds. The van der Waals surface area contributed by atoms with Gasteiger partial charge in [-0.15, -0.1) is 0 Å². The molecule has 1 spiro atoms. The fraction of sp³-hybridized carbons (Fsp3) is 0.800. The van der Waals surface area contributed by atoms with E-state index in [1.807, 2.05) is 12.5 Å². The Morgan fingerprint density at radius 3 is 3.00 bits per heavy atom. The quantitative estimate of drug-likeness (QED) is 0.870. The highest BCUT2D eigenvalue weighted by molar-refractivity contribution is 5.04. The predicted molar refractivity (Wildman–Crippen MR) is 73.7 cm³/mol. The first kappa shape index (κ1) is 12.2. The van der Waals surface area contributed by atoms with Crippen LogP contribution in [-0.4, -0.2) is 21.6 Å². The summed E-state index contributed by atoms with van der Waals surface area (Å²) < 4.78 is 2.44. The monoisotopic (exact) mass is 247 g/mol. The second-order valence-electron chi connectivity index (χ2n) is 6.06. The van der Waals surface area contributed by atoms with Crippen LogP contribution in [-0.2, 0) is 6.42 Å². The third kappa shape index (κ3) is 2.20. The van der Waals surface area contributed by atoms with Gasteiger partial charge in [-0.05, 0) is 38.6 Å². The summed E-state index contributed by atoms with van der Waals surface area (Å²) in [6.07, 6.45) is 14.7. The predicted octanol–water partition coefficient (Wildman–Crippen LogP) is 3.07. The van der Waals surface area contributed by atoms with Crippen molar-refractivity contribution in [3.63, 3.8) is 0 Å². The molecule has 2 fully saturated rings. The van der Waals surface area contributed by atoms with Crippen LogP contribution in [0.25, 0.3) is 0 Å². The van der Waals surface area contributed by atoms with Crippen LogP contribution in [0.15, 0.2) is 12.5 Å². The van der Waals surface area contributed by atoms with Gasteiger partial charge in [0.05, 0.1) is 6.33 Å². The molecule has 0 aromatic carbocycles. The Labute approximate surface area is 110 Å². The minimum atomic E-state index is 0.441. The molecule has 1 atom stereocenters. The molecule has 0 radical (unpaired) electrons. The number of hydrogen-bond donors (Lipinski definition) is 1. The second-order valence-corrected chi connectivity index (χ2v) is 6.06. The number of aryl methyl sites for hydroxylation is 1. The smallest absolute Gasteiger partial charge is 0.0950 e. The Morgan fingerprint density at radius 1 is 1.39 bits per heavy atom. The van der Waals surface area contributed by atoms with E-state index in [1.165, 1.54) is 57.2 Å². The third-order valence-electron chi connectivity index (χ3n) is 4.92. The minimum absolute atomic E-state index is 0.441. The summed E-state index contributed by atoms with van der Waals surface area (Å²) in [6.45, 7) is 3.40. The van der Waals surface area contributed by atoms with E-state index >= 15 is 0 Å². The number of nitrogens with one attached hydrogen (secondary N) is 1. The van der Waals surface area contributed by atoms with Crippen molar-refractivity contribution >= 4 is 0 Å². The van der Waals surface area contributed by atoms with Gasteiger partial charge in [0.2, 0.25) is 0 Å². The Kier molecular flexibility index (Phi) is 3.42. The number of aromatic nitrogens is 2. The van der Waals surface area contributed by atoms with Crippen molar-refractivity contribution in [3.05, 3.63) is 18.2 Å². The molecular formula is C15H25N3. The molecule has 1 saturated carbocycles. The summed E-state index contributed by atoms with van der Waals surface area (Å²) in [7, 11) is 0. The van der Waals surface area contributed by atoms with Gasteiger partial charge in [-0.25, -0.2) is 4.98 Å². The van der Waals surface area contributed by atoms with E-state index in [9.17, 15) is 0 Å². The molecule has 2 aliphatic rings. The van der Waals surface area contributed by atoms with Crippen molar-refractivity contribution in [2.75, 3.05) is 6.54 Å². The lowest BCUT2D eigenvalue weighted by atomic mass is 9.75. The van der Waals surface area contributed by atoms with Crippen molar-refractivity contribution < 1.29 is 0 Å². The van der Waals surface area contributed by atoms with Crippen LogP contribution in [0.1, 0.15) is 63.6 Å². The Balaban J connectivity index is 1.77. The van der Waals surface area contributed by atoms with Crippen LogP contribution in [0.4, 0.5) is 0 Å². The van der Waals surface area contributed by atoms with Gasteiger partial charge in [0.1, 0.15) is 0 Å². The topological polar surface area (TPSA) is 29.9 Å². The summed E-state index contributed by atoms with van der Waals surface area (Å²) >= 11 is 0. The average molecular weight is 247 g/mol. The van der Waals surface area contributed by atoms with Gasteiger partial charge in [-0.1, -0.05) is 26.2 Å².